The van der Waals surface area contributed by atoms with Gasteiger partial charge in [-0.05, 0) is 31.2 Å². The van der Waals surface area contributed by atoms with Crippen molar-refractivity contribution in [2.75, 3.05) is 13.0 Å². The van der Waals surface area contributed by atoms with E-state index in [0.29, 0.717) is 21.8 Å². The van der Waals surface area contributed by atoms with Crippen LogP contribution in [-0.2, 0) is 0 Å². The van der Waals surface area contributed by atoms with E-state index in [4.69, 9.17) is 15.3 Å². The lowest BCUT2D eigenvalue weighted by molar-refractivity contribution is 0.374. The Labute approximate surface area is 147 Å². The minimum atomic E-state index is -0.542. The summed E-state index contributed by atoms with van der Waals surface area (Å²) in [7, 11) is 1.44. The van der Waals surface area contributed by atoms with Gasteiger partial charge < -0.3 is 20.4 Å². The van der Waals surface area contributed by atoms with E-state index in [9.17, 15) is 9.50 Å². The number of phenols is 1. The predicted molar refractivity (Wildman–Crippen MR) is 94.6 cm³/mol. The molecule has 0 unspecified atom stereocenters. The van der Waals surface area contributed by atoms with Crippen LogP contribution in [-0.4, -0.2) is 26.9 Å². The molecule has 0 atom stereocenters. The Morgan fingerprint density at radius 2 is 1.92 bits per heavy atom. The number of aryl methyl sites for hydroxylation is 1. The summed E-state index contributed by atoms with van der Waals surface area (Å²) in [5, 5.41) is 10.8. The molecule has 2 aromatic carbocycles. The number of phenolic OH excluding ortho intramolecular Hbond substituents is 1. The largest absolute Gasteiger partial charge is 0.504 e. The van der Waals surface area contributed by atoms with Gasteiger partial charge in [-0.25, -0.2) is 14.4 Å². The summed E-state index contributed by atoms with van der Waals surface area (Å²) in [5.41, 5.74) is 1.78. The first-order chi connectivity index (χ1) is 12.5. The predicted octanol–water partition coefficient (Wildman–Crippen LogP) is 3.25. The maximum Gasteiger partial charge on any atom is 0.230 e. The van der Waals surface area contributed by atoms with E-state index in [1.807, 2.05) is 0 Å². The van der Waals surface area contributed by atoms with Crippen LogP contribution in [0.3, 0.4) is 0 Å². The number of rotatable bonds is 3. The normalized spacial score (nSPS) is 11.2. The van der Waals surface area contributed by atoms with Crippen molar-refractivity contribution in [2.45, 2.75) is 6.92 Å². The highest BCUT2D eigenvalue weighted by Crippen LogP contribution is 2.36. The second-order valence-electron chi connectivity index (χ2n) is 5.79. The molecule has 4 aromatic rings. The number of halogens is 1. The number of nitrogens with zero attached hydrogens (tertiary/aromatic N) is 3. The van der Waals surface area contributed by atoms with Crippen molar-refractivity contribution < 1.29 is 19.0 Å². The van der Waals surface area contributed by atoms with Crippen LogP contribution < -0.4 is 15.3 Å². The van der Waals surface area contributed by atoms with E-state index in [2.05, 4.69) is 9.97 Å². The second-order valence-corrected chi connectivity index (χ2v) is 5.79. The summed E-state index contributed by atoms with van der Waals surface area (Å²) in [4.78, 5) is 8.19. The van der Waals surface area contributed by atoms with E-state index < -0.39 is 5.82 Å². The van der Waals surface area contributed by atoms with Crippen molar-refractivity contribution in [3.8, 4) is 23.1 Å². The molecule has 0 aliphatic heterocycles. The van der Waals surface area contributed by atoms with Crippen molar-refractivity contribution in [3.05, 3.63) is 48.2 Å². The van der Waals surface area contributed by atoms with Gasteiger partial charge in [-0.2, -0.15) is 0 Å². The number of aromatic nitrogens is 3. The molecule has 0 fully saturated rings. The summed E-state index contributed by atoms with van der Waals surface area (Å²) in [6.07, 6.45) is 1.30. The Hall–Kier alpha value is -3.55. The van der Waals surface area contributed by atoms with Gasteiger partial charge in [-0.3, -0.25) is 4.68 Å². The van der Waals surface area contributed by atoms with E-state index in [1.165, 1.54) is 30.2 Å². The molecule has 2 heterocycles. The average molecular weight is 354 g/mol. The number of hydrogen-bond acceptors (Lipinski definition) is 6. The summed E-state index contributed by atoms with van der Waals surface area (Å²) >= 11 is 0. The second kappa shape index (κ2) is 5.76. The van der Waals surface area contributed by atoms with Crippen molar-refractivity contribution >= 4 is 21.8 Å². The van der Waals surface area contributed by atoms with Crippen LogP contribution >= 0.6 is 0 Å². The lowest BCUT2D eigenvalue weighted by atomic mass is 10.2. The molecular formula is C18H15FN4O3. The standard InChI is InChI=1S/C18H15FN4O3/c1-9-5-11-13(23(9)20)3-4-15(17(11)19)26-18-10-6-14(24)16(25-2)7-12(10)21-8-22-18/h3-8,24H,20H2,1-2H3. The molecule has 7 nitrogen and oxygen atoms in total. The molecule has 0 radical (unpaired) electrons. The van der Waals surface area contributed by atoms with Crippen molar-refractivity contribution in [1.29, 1.82) is 0 Å². The monoisotopic (exact) mass is 354 g/mol. The molecule has 8 heteroatoms. The molecule has 4 rings (SSSR count). The van der Waals surface area contributed by atoms with Gasteiger partial charge in [0.1, 0.15) is 6.33 Å². The molecule has 0 amide bonds. The van der Waals surface area contributed by atoms with Gasteiger partial charge in [-0.1, -0.05) is 0 Å². The number of aromatic hydroxyl groups is 1. The molecule has 0 aliphatic carbocycles. The van der Waals surface area contributed by atoms with Crippen LogP contribution in [0.25, 0.3) is 21.8 Å². The molecule has 26 heavy (non-hydrogen) atoms. The molecule has 3 N–H and O–H groups in total. The SMILES string of the molecule is COc1cc2ncnc(Oc3ccc4c(cc(C)n4N)c3F)c2cc1O. The van der Waals surface area contributed by atoms with Gasteiger partial charge >= 0.3 is 0 Å². The van der Waals surface area contributed by atoms with Crippen LogP contribution in [0.1, 0.15) is 5.69 Å². The molecule has 132 valence electrons. The first-order valence-corrected chi connectivity index (χ1v) is 7.74. The smallest absolute Gasteiger partial charge is 0.230 e. The first kappa shape index (κ1) is 15.9. The van der Waals surface area contributed by atoms with Gasteiger partial charge in [-0.15, -0.1) is 0 Å². The number of fused-ring (bicyclic) bond motifs is 2. The number of nitrogen functional groups attached to an aromatic ring is 1. The van der Waals surface area contributed by atoms with Crippen LogP contribution in [0, 0.1) is 12.7 Å². The summed E-state index contributed by atoms with van der Waals surface area (Å²) in [6, 6.07) is 7.77. The van der Waals surface area contributed by atoms with Crippen LogP contribution in [0.4, 0.5) is 4.39 Å². The molecule has 0 spiro atoms. The number of nitrogens with two attached hydrogens (primary N) is 1. The quantitative estimate of drug-likeness (QED) is 0.548. The molecule has 0 bridgehead atoms. The highest BCUT2D eigenvalue weighted by atomic mass is 19.1. The fraction of sp³-hybridized carbons (Fsp3) is 0.111. The van der Waals surface area contributed by atoms with Crippen molar-refractivity contribution in [3.63, 3.8) is 0 Å². The molecule has 0 aliphatic rings. The first-order valence-electron chi connectivity index (χ1n) is 7.74. The minimum Gasteiger partial charge on any atom is -0.504 e. The van der Waals surface area contributed by atoms with Crippen LogP contribution in [0.15, 0.2) is 36.7 Å². The Bertz CT molecular complexity index is 1160. The van der Waals surface area contributed by atoms with Gasteiger partial charge in [0.05, 0.1) is 23.5 Å². The van der Waals surface area contributed by atoms with Crippen molar-refractivity contribution in [2.24, 2.45) is 0 Å². The lowest BCUT2D eigenvalue weighted by Crippen LogP contribution is -2.08. The summed E-state index contributed by atoms with van der Waals surface area (Å²) in [5.74, 6) is 5.64. The minimum absolute atomic E-state index is 0.00147. The van der Waals surface area contributed by atoms with Gasteiger partial charge in [0.15, 0.2) is 23.1 Å². The highest BCUT2D eigenvalue weighted by Gasteiger charge is 2.16. The van der Waals surface area contributed by atoms with Crippen LogP contribution in [0.2, 0.25) is 0 Å². The topological polar surface area (TPSA) is 95.4 Å². The summed E-state index contributed by atoms with van der Waals surface area (Å²) in [6.45, 7) is 1.79. The number of hydrogen-bond donors (Lipinski definition) is 2. The number of benzene rings is 2. The van der Waals surface area contributed by atoms with E-state index in [-0.39, 0.29) is 23.1 Å². The number of methoxy groups -OCH3 is 1. The highest BCUT2D eigenvalue weighted by molar-refractivity contribution is 5.87. The van der Waals surface area contributed by atoms with E-state index in [1.54, 1.807) is 25.1 Å². The third-order valence-electron chi connectivity index (χ3n) is 4.22. The third-order valence-corrected chi connectivity index (χ3v) is 4.22. The van der Waals surface area contributed by atoms with Gasteiger partial charge in [0, 0.05) is 17.1 Å². The zero-order chi connectivity index (χ0) is 18.4. The maximum atomic E-state index is 14.8. The Kier molecular flexibility index (Phi) is 3.54. The fourth-order valence-corrected chi connectivity index (χ4v) is 2.86. The average Bonchev–Trinajstić information content (AvgIpc) is 2.93. The summed E-state index contributed by atoms with van der Waals surface area (Å²) < 4.78 is 27.0. The van der Waals surface area contributed by atoms with Gasteiger partial charge in [0.25, 0.3) is 0 Å². The van der Waals surface area contributed by atoms with Gasteiger partial charge in [0.2, 0.25) is 5.88 Å². The van der Waals surface area contributed by atoms with Crippen LogP contribution in [0.5, 0.6) is 23.1 Å². The fourth-order valence-electron chi connectivity index (χ4n) is 2.86. The number of ether oxygens (including phenoxy) is 2. The van der Waals surface area contributed by atoms with Crippen molar-refractivity contribution in [1.82, 2.24) is 14.6 Å². The lowest BCUT2D eigenvalue weighted by Gasteiger charge is -2.10. The molecule has 0 saturated carbocycles. The van der Waals surface area contributed by atoms with E-state index >= 15 is 0 Å². The zero-order valence-corrected chi connectivity index (χ0v) is 14.0. The van der Waals surface area contributed by atoms with E-state index in [0.717, 1.165) is 5.69 Å². The molecule has 2 aromatic heterocycles. The Morgan fingerprint density at radius 3 is 2.69 bits per heavy atom. The third kappa shape index (κ3) is 2.34. The molecular weight excluding hydrogens is 339 g/mol. The zero-order valence-electron chi connectivity index (χ0n) is 14.0. The maximum absolute atomic E-state index is 14.8. The Balaban J connectivity index is 1.84. The Morgan fingerprint density at radius 1 is 1.12 bits per heavy atom. The molecule has 0 saturated heterocycles.